The average Bonchev–Trinajstić information content (AvgIpc) is 3.43. The van der Waals surface area contributed by atoms with Gasteiger partial charge in [0.25, 0.3) is 5.91 Å². The summed E-state index contributed by atoms with van der Waals surface area (Å²) in [4.78, 5) is 32.8. The first-order valence-corrected chi connectivity index (χ1v) is 12.0. The number of hydrogen-bond acceptors (Lipinski definition) is 8. The zero-order valence-corrected chi connectivity index (χ0v) is 21.2. The van der Waals surface area contributed by atoms with Gasteiger partial charge in [0.05, 0.1) is 42.7 Å². The van der Waals surface area contributed by atoms with Crippen molar-refractivity contribution in [3.8, 4) is 17.1 Å². The van der Waals surface area contributed by atoms with Crippen LogP contribution in [0.25, 0.3) is 11.3 Å². The fourth-order valence-electron chi connectivity index (χ4n) is 4.67. The monoisotopic (exact) mass is 560 g/mol. The minimum atomic E-state index is -5.29. The van der Waals surface area contributed by atoms with Crippen LogP contribution >= 0.6 is 0 Å². The number of alkyl halides is 3. The molecule has 0 aliphatic carbocycles. The molecule has 2 aromatic heterocycles. The van der Waals surface area contributed by atoms with Gasteiger partial charge in [0.2, 0.25) is 17.4 Å². The third kappa shape index (κ3) is 4.58. The standard InChI is InChI=1S/C26H24F4N6O4/c1-24(31)10-32-21-15(24)9-17(35-19(21)12-3-5-14(27)6-4-12)25(39,26(28,29)30)11-33-22(38)16-7-13-8-18(37)36-20(13)23(34-16)40-2/h3-7,9,32,39H,8,10-11,31H2,1-2H3,(H,33,38)(H,36,37)/t24-,25-/m1/s1. The lowest BCUT2D eigenvalue weighted by atomic mass is 9.89. The molecule has 210 valence electrons. The van der Waals surface area contributed by atoms with Crippen molar-refractivity contribution in [3.05, 3.63) is 64.7 Å². The predicted octanol–water partition coefficient (Wildman–Crippen LogP) is 2.57. The maximum absolute atomic E-state index is 14.5. The molecule has 2 aliphatic heterocycles. The van der Waals surface area contributed by atoms with E-state index in [2.05, 4.69) is 25.9 Å². The maximum Gasteiger partial charge on any atom is 0.424 e. The Kier molecular flexibility index (Phi) is 6.42. The summed E-state index contributed by atoms with van der Waals surface area (Å²) < 4.78 is 62.2. The van der Waals surface area contributed by atoms with Crippen LogP contribution in [0.1, 0.15) is 34.2 Å². The number of nitrogens with two attached hydrogens (primary N) is 1. The largest absolute Gasteiger partial charge is 0.479 e. The van der Waals surface area contributed by atoms with E-state index >= 15 is 0 Å². The number of ether oxygens (including phenoxy) is 1. The van der Waals surface area contributed by atoms with Crippen LogP contribution in [0.3, 0.4) is 0 Å². The summed E-state index contributed by atoms with van der Waals surface area (Å²) in [6.07, 6.45) is -5.36. The number of anilines is 2. The summed E-state index contributed by atoms with van der Waals surface area (Å²) in [6, 6.07) is 7.25. The molecule has 0 saturated carbocycles. The second kappa shape index (κ2) is 9.41. The van der Waals surface area contributed by atoms with E-state index in [1.807, 2.05) is 0 Å². The molecule has 2 amide bonds. The number of fused-ring (bicyclic) bond motifs is 2. The van der Waals surface area contributed by atoms with Gasteiger partial charge in [-0.05, 0) is 48.9 Å². The Morgan fingerprint density at radius 1 is 1.20 bits per heavy atom. The van der Waals surface area contributed by atoms with Crippen molar-refractivity contribution in [3.63, 3.8) is 0 Å². The molecular formula is C26H24F4N6O4. The number of nitrogens with one attached hydrogen (secondary N) is 3. The molecule has 6 N–H and O–H groups in total. The molecule has 0 saturated heterocycles. The second-order valence-electron chi connectivity index (χ2n) is 9.87. The second-order valence-corrected chi connectivity index (χ2v) is 9.87. The quantitative estimate of drug-likeness (QED) is 0.289. The smallest absolute Gasteiger partial charge is 0.424 e. The molecule has 2 atom stereocenters. The molecule has 14 heteroatoms. The Morgan fingerprint density at radius 2 is 1.90 bits per heavy atom. The third-order valence-electron chi connectivity index (χ3n) is 6.89. The molecule has 5 rings (SSSR count). The number of rotatable bonds is 6. The molecule has 0 fully saturated rings. The van der Waals surface area contributed by atoms with Gasteiger partial charge in [0.1, 0.15) is 17.2 Å². The van der Waals surface area contributed by atoms with Crippen LogP contribution in [-0.2, 0) is 22.4 Å². The molecule has 3 aromatic rings. The lowest BCUT2D eigenvalue weighted by Crippen LogP contribution is -2.52. The number of hydrogen-bond donors (Lipinski definition) is 5. The van der Waals surface area contributed by atoms with Gasteiger partial charge < -0.3 is 31.5 Å². The molecule has 0 radical (unpaired) electrons. The normalized spacial score (nSPS) is 19.2. The molecule has 40 heavy (non-hydrogen) atoms. The van der Waals surface area contributed by atoms with Gasteiger partial charge in [-0.25, -0.2) is 14.4 Å². The molecule has 1 aromatic carbocycles. The highest BCUT2D eigenvalue weighted by atomic mass is 19.4. The first-order chi connectivity index (χ1) is 18.7. The number of halogens is 4. The highest BCUT2D eigenvalue weighted by molar-refractivity contribution is 6.02. The Morgan fingerprint density at radius 3 is 2.55 bits per heavy atom. The van der Waals surface area contributed by atoms with Gasteiger partial charge in [-0.1, -0.05) is 0 Å². The molecule has 0 unspecified atom stereocenters. The Balaban J connectivity index is 1.54. The van der Waals surface area contributed by atoms with Gasteiger partial charge in [-0.15, -0.1) is 0 Å². The van der Waals surface area contributed by atoms with E-state index in [1.54, 1.807) is 6.92 Å². The van der Waals surface area contributed by atoms with Crippen molar-refractivity contribution in [1.29, 1.82) is 0 Å². The minimum Gasteiger partial charge on any atom is -0.479 e. The van der Waals surface area contributed by atoms with E-state index in [9.17, 15) is 32.3 Å². The summed E-state index contributed by atoms with van der Waals surface area (Å²) in [5.74, 6) is -2.05. The van der Waals surface area contributed by atoms with Gasteiger partial charge in [0.15, 0.2) is 0 Å². The van der Waals surface area contributed by atoms with Gasteiger partial charge in [-0.2, -0.15) is 13.2 Å². The van der Waals surface area contributed by atoms with E-state index in [1.165, 1.54) is 25.3 Å². The van der Waals surface area contributed by atoms with Crippen molar-refractivity contribution < 1.29 is 37.0 Å². The number of methoxy groups -OCH3 is 1. The summed E-state index contributed by atoms with van der Waals surface area (Å²) in [5.41, 5.74) is 2.01. The fourth-order valence-corrected chi connectivity index (χ4v) is 4.67. The third-order valence-corrected chi connectivity index (χ3v) is 6.89. The van der Waals surface area contributed by atoms with Gasteiger partial charge in [-0.3, -0.25) is 9.59 Å². The zero-order chi connectivity index (χ0) is 29.0. The number of nitrogens with zero attached hydrogens (tertiary/aromatic N) is 2. The van der Waals surface area contributed by atoms with E-state index in [0.717, 1.165) is 18.2 Å². The van der Waals surface area contributed by atoms with Crippen LogP contribution in [0.2, 0.25) is 0 Å². The Bertz CT molecular complexity index is 1530. The minimum absolute atomic E-state index is 0.0258. The lowest BCUT2D eigenvalue weighted by molar-refractivity contribution is -0.265. The highest BCUT2D eigenvalue weighted by Gasteiger charge is 2.57. The van der Waals surface area contributed by atoms with Crippen LogP contribution in [-0.4, -0.2) is 53.3 Å². The van der Waals surface area contributed by atoms with Crippen molar-refractivity contribution >= 4 is 23.2 Å². The van der Waals surface area contributed by atoms with Crippen molar-refractivity contribution in [2.45, 2.75) is 30.7 Å². The first-order valence-electron chi connectivity index (χ1n) is 12.0. The number of pyridine rings is 2. The molecule has 4 heterocycles. The number of benzene rings is 1. The Labute approximate surface area is 225 Å². The summed E-state index contributed by atoms with van der Waals surface area (Å²) in [5, 5.41) is 18.8. The molecule has 10 nitrogen and oxygen atoms in total. The van der Waals surface area contributed by atoms with Crippen molar-refractivity contribution in [1.82, 2.24) is 15.3 Å². The van der Waals surface area contributed by atoms with Crippen molar-refractivity contribution in [2.75, 3.05) is 30.8 Å². The number of aliphatic hydroxyl groups is 1. The predicted molar refractivity (Wildman–Crippen MR) is 135 cm³/mol. The van der Waals surface area contributed by atoms with Crippen molar-refractivity contribution in [2.24, 2.45) is 5.73 Å². The van der Waals surface area contributed by atoms with Crippen LogP contribution in [0, 0.1) is 5.82 Å². The highest BCUT2D eigenvalue weighted by Crippen LogP contribution is 2.45. The lowest BCUT2D eigenvalue weighted by Gasteiger charge is -2.31. The number of carbonyl (C=O) groups excluding carboxylic acids is 2. The summed E-state index contributed by atoms with van der Waals surface area (Å²) in [7, 11) is 1.26. The van der Waals surface area contributed by atoms with Crippen LogP contribution in [0.5, 0.6) is 5.88 Å². The SMILES string of the molecule is COc1nc(C(=O)NC[C@@](O)(c2cc3c(c(-c4ccc(F)cc4)n2)NC[C@@]3(C)N)C(F)(F)F)cc2c1NC(=O)C2. The number of amides is 2. The number of aromatic nitrogens is 2. The Hall–Kier alpha value is -4.30. The van der Waals surface area contributed by atoms with E-state index in [-0.39, 0.29) is 53.0 Å². The summed E-state index contributed by atoms with van der Waals surface area (Å²) >= 11 is 0. The average molecular weight is 561 g/mol. The fraction of sp³-hybridized carbons (Fsp3) is 0.308. The topological polar surface area (TPSA) is 151 Å². The maximum atomic E-state index is 14.5. The summed E-state index contributed by atoms with van der Waals surface area (Å²) in [6.45, 7) is 0.452. The van der Waals surface area contributed by atoms with E-state index in [4.69, 9.17) is 10.5 Å². The van der Waals surface area contributed by atoms with Crippen LogP contribution < -0.4 is 26.4 Å². The van der Waals surface area contributed by atoms with Crippen LogP contribution in [0.15, 0.2) is 36.4 Å². The molecule has 0 bridgehead atoms. The van der Waals surface area contributed by atoms with Crippen LogP contribution in [0.4, 0.5) is 28.9 Å². The van der Waals surface area contributed by atoms with Gasteiger partial charge in [0, 0.05) is 17.7 Å². The van der Waals surface area contributed by atoms with Gasteiger partial charge >= 0.3 is 6.18 Å². The molecule has 0 spiro atoms. The zero-order valence-electron chi connectivity index (χ0n) is 21.2. The van der Waals surface area contributed by atoms with E-state index < -0.39 is 41.3 Å². The van der Waals surface area contributed by atoms with E-state index in [0.29, 0.717) is 11.3 Å². The number of carbonyl (C=O) groups is 2. The molecule has 2 aliphatic rings. The first kappa shape index (κ1) is 27.3. The molecular weight excluding hydrogens is 536 g/mol.